The van der Waals surface area contributed by atoms with Crippen LogP contribution in [-0.2, 0) is 16.4 Å². The number of carbonyl (C=O) groups excluding carboxylic acids is 1. The van der Waals surface area contributed by atoms with Crippen molar-refractivity contribution in [1.82, 2.24) is 10.2 Å². The van der Waals surface area contributed by atoms with Gasteiger partial charge in [0.25, 0.3) is 5.91 Å². The zero-order valence-electron chi connectivity index (χ0n) is 13.6. The van der Waals surface area contributed by atoms with Gasteiger partial charge in [-0.25, -0.2) is 8.42 Å². The highest BCUT2D eigenvalue weighted by Gasteiger charge is 2.27. The number of hydrogen-bond donors (Lipinski definition) is 1. The molecule has 1 atom stereocenters. The number of amides is 1. The smallest absolute Gasteiger partial charge is 0.254 e. The number of fused-ring (bicyclic) bond motifs is 1. The summed E-state index contributed by atoms with van der Waals surface area (Å²) in [4.78, 5) is 14.6. The van der Waals surface area contributed by atoms with E-state index < -0.39 is 10.0 Å². The molecule has 2 aliphatic rings. The van der Waals surface area contributed by atoms with E-state index in [-0.39, 0.29) is 11.9 Å². The molecule has 1 saturated heterocycles. The van der Waals surface area contributed by atoms with Crippen molar-refractivity contribution >= 4 is 21.6 Å². The summed E-state index contributed by atoms with van der Waals surface area (Å²) in [5.74, 6) is 0.0262. The first-order valence-corrected chi connectivity index (χ1v) is 9.85. The first-order chi connectivity index (χ1) is 10.9. The first kappa shape index (κ1) is 16.3. The molecule has 1 amide bonds. The van der Waals surface area contributed by atoms with Crippen molar-refractivity contribution in [2.24, 2.45) is 0 Å². The van der Waals surface area contributed by atoms with E-state index in [1.54, 1.807) is 12.1 Å². The van der Waals surface area contributed by atoms with Crippen LogP contribution in [0.2, 0.25) is 0 Å². The van der Waals surface area contributed by atoms with E-state index in [0.717, 1.165) is 31.5 Å². The molecule has 1 aromatic carbocycles. The number of anilines is 1. The second-order valence-electron chi connectivity index (χ2n) is 6.33. The zero-order chi connectivity index (χ0) is 16.6. The van der Waals surface area contributed by atoms with E-state index in [9.17, 15) is 13.2 Å². The van der Waals surface area contributed by atoms with Gasteiger partial charge in [0, 0.05) is 37.8 Å². The van der Waals surface area contributed by atoms with Gasteiger partial charge in [-0.05, 0) is 43.5 Å². The predicted molar refractivity (Wildman–Crippen MR) is 90.3 cm³/mol. The van der Waals surface area contributed by atoms with Crippen LogP contribution in [-0.4, -0.2) is 57.7 Å². The summed E-state index contributed by atoms with van der Waals surface area (Å²) in [6.45, 7) is 4.86. The molecule has 0 unspecified atom stereocenters. The number of rotatable bonds is 2. The summed E-state index contributed by atoms with van der Waals surface area (Å²) < 4.78 is 25.2. The fourth-order valence-corrected chi connectivity index (χ4v) is 4.34. The number of nitrogens with one attached hydrogen (secondary N) is 1. The van der Waals surface area contributed by atoms with E-state index >= 15 is 0 Å². The van der Waals surface area contributed by atoms with Crippen LogP contribution in [0.4, 0.5) is 5.69 Å². The van der Waals surface area contributed by atoms with Crippen molar-refractivity contribution < 1.29 is 13.2 Å². The molecular weight excluding hydrogens is 314 g/mol. The minimum atomic E-state index is -3.27. The average molecular weight is 337 g/mol. The summed E-state index contributed by atoms with van der Waals surface area (Å²) in [7, 11) is -3.27. The molecule has 0 saturated carbocycles. The SMILES string of the molecule is C[C@@H]1CNCCN1C(=O)c1ccc2c(c1)CCCN2S(C)(=O)=O. The Morgan fingerprint density at radius 2 is 2.09 bits per heavy atom. The summed E-state index contributed by atoms with van der Waals surface area (Å²) in [5.41, 5.74) is 2.30. The highest BCUT2D eigenvalue weighted by molar-refractivity contribution is 7.92. The number of sulfonamides is 1. The molecular formula is C16H23N3O3S. The van der Waals surface area contributed by atoms with Crippen molar-refractivity contribution in [1.29, 1.82) is 0 Å². The Morgan fingerprint density at radius 3 is 2.78 bits per heavy atom. The van der Waals surface area contributed by atoms with Gasteiger partial charge in [-0.2, -0.15) is 0 Å². The maximum Gasteiger partial charge on any atom is 0.254 e. The van der Waals surface area contributed by atoms with Crippen LogP contribution < -0.4 is 9.62 Å². The fourth-order valence-electron chi connectivity index (χ4n) is 3.35. The van der Waals surface area contributed by atoms with Gasteiger partial charge in [0.15, 0.2) is 0 Å². The van der Waals surface area contributed by atoms with Crippen molar-refractivity contribution in [3.8, 4) is 0 Å². The Bertz CT molecular complexity index is 717. The summed E-state index contributed by atoms with van der Waals surface area (Å²) in [5, 5.41) is 3.28. The normalized spacial score (nSPS) is 21.9. The van der Waals surface area contributed by atoms with Crippen LogP contribution >= 0.6 is 0 Å². The van der Waals surface area contributed by atoms with Crippen LogP contribution in [0, 0.1) is 0 Å². The van der Waals surface area contributed by atoms with Crippen molar-refractivity contribution in [2.45, 2.75) is 25.8 Å². The van der Waals surface area contributed by atoms with E-state index in [1.807, 2.05) is 17.9 Å². The van der Waals surface area contributed by atoms with Gasteiger partial charge >= 0.3 is 0 Å². The molecule has 0 bridgehead atoms. The Morgan fingerprint density at radius 1 is 1.30 bits per heavy atom. The third-order valence-corrected chi connectivity index (χ3v) is 5.74. The van der Waals surface area contributed by atoms with Gasteiger partial charge < -0.3 is 10.2 Å². The lowest BCUT2D eigenvalue weighted by Gasteiger charge is -2.34. The molecule has 1 fully saturated rings. The van der Waals surface area contributed by atoms with Gasteiger partial charge in [0.1, 0.15) is 0 Å². The second-order valence-corrected chi connectivity index (χ2v) is 8.24. The van der Waals surface area contributed by atoms with Gasteiger partial charge in [0.05, 0.1) is 11.9 Å². The average Bonchev–Trinajstić information content (AvgIpc) is 2.52. The lowest BCUT2D eigenvalue weighted by Crippen LogP contribution is -2.52. The molecule has 0 radical (unpaired) electrons. The van der Waals surface area contributed by atoms with Gasteiger partial charge in [-0.3, -0.25) is 9.10 Å². The lowest BCUT2D eigenvalue weighted by atomic mass is 10.00. The zero-order valence-corrected chi connectivity index (χ0v) is 14.4. The van der Waals surface area contributed by atoms with E-state index in [0.29, 0.717) is 24.3 Å². The maximum absolute atomic E-state index is 12.7. The van der Waals surface area contributed by atoms with Gasteiger partial charge in [0.2, 0.25) is 10.0 Å². The number of aryl methyl sites for hydroxylation is 1. The number of benzene rings is 1. The molecule has 0 aliphatic carbocycles. The highest BCUT2D eigenvalue weighted by atomic mass is 32.2. The van der Waals surface area contributed by atoms with Gasteiger partial charge in [-0.1, -0.05) is 0 Å². The van der Waals surface area contributed by atoms with Crippen molar-refractivity contribution in [3.05, 3.63) is 29.3 Å². The largest absolute Gasteiger partial charge is 0.333 e. The Labute approximate surface area is 137 Å². The molecule has 7 heteroatoms. The quantitative estimate of drug-likeness (QED) is 0.868. The van der Waals surface area contributed by atoms with Crippen LogP contribution in [0.3, 0.4) is 0 Å². The van der Waals surface area contributed by atoms with Crippen LogP contribution in [0.5, 0.6) is 0 Å². The molecule has 6 nitrogen and oxygen atoms in total. The molecule has 3 rings (SSSR count). The summed E-state index contributed by atoms with van der Waals surface area (Å²) in [6, 6.07) is 5.55. The maximum atomic E-state index is 12.7. The molecule has 2 aliphatic heterocycles. The van der Waals surface area contributed by atoms with Crippen LogP contribution in [0.25, 0.3) is 0 Å². The van der Waals surface area contributed by atoms with Crippen LogP contribution in [0.15, 0.2) is 18.2 Å². The molecule has 1 aromatic rings. The molecule has 23 heavy (non-hydrogen) atoms. The fraction of sp³-hybridized carbons (Fsp3) is 0.562. The number of hydrogen-bond acceptors (Lipinski definition) is 4. The van der Waals surface area contributed by atoms with Crippen LogP contribution in [0.1, 0.15) is 29.3 Å². The predicted octanol–water partition coefficient (Wildman–Crippen LogP) is 0.833. The first-order valence-electron chi connectivity index (χ1n) is 8.00. The minimum absolute atomic E-state index is 0.0262. The van der Waals surface area contributed by atoms with Gasteiger partial charge in [-0.15, -0.1) is 0 Å². The van der Waals surface area contributed by atoms with E-state index in [1.165, 1.54) is 10.6 Å². The number of carbonyl (C=O) groups is 1. The monoisotopic (exact) mass is 337 g/mol. The summed E-state index contributed by atoms with van der Waals surface area (Å²) >= 11 is 0. The highest BCUT2D eigenvalue weighted by Crippen LogP contribution is 2.30. The standard InChI is InChI=1S/C16H23N3O3S/c1-12-11-17-7-9-18(12)16(20)14-5-6-15-13(10-14)4-3-8-19(15)23(2,21)22/h5-6,10,12,17H,3-4,7-9,11H2,1-2H3/t12-/m1/s1. The number of piperazine rings is 1. The Hall–Kier alpha value is -1.60. The minimum Gasteiger partial charge on any atom is -0.333 e. The third-order valence-electron chi connectivity index (χ3n) is 4.56. The molecule has 0 spiro atoms. The topological polar surface area (TPSA) is 69.7 Å². The summed E-state index contributed by atoms with van der Waals surface area (Å²) in [6.07, 6.45) is 2.81. The lowest BCUT2D eigenvalue weighted by molar-refractivity contribution is 0.0655. The molecule has 2 heterocycles. The molecule has 0 aromatic heterocycles. The van der Waals surface area contributed by atoms with E-state index in [2.05, 4.69) is 5.32 Å². The number of nitrogens with zero attached hydrogens (tertiary/aromatic N) is 2. The van der Waals surface area contributed by atoms with Crippen molar-refractivity contribution in [2.75, 3.05) is 36.7 Å². The molecule has 126 valence electrons. The Kier molecular flexibility index (Phi) is 4.33. The third kappa shape index (κ3) is 3.21. The van der Waals surface area contributed by atoms with E-state index in [4.69, 9.17) is 0 Å². The second kappa shape index (κ2) is 6.13. The molecule has 1 N–H and O–H groups in total. The Balaban J connectivity index is 1.90. The van der Waals surface area contributed by atoms with Crippen molar-refractivity contribution in [3.63, 3.8) is 0 Å².